The van der Waals surface area contributed by atoms with Crippen molar-refractivity contribution < 1.29 is 5.11 Å². The maximum atomic E-state index is 9.27. The predicted octanol–water partition coefficient (Wildman–Crippen LogP) is 1.43. The third-order valence-corrected chi connectivity index (χ3v) is 3.91. The van der Waals surface area contributed by atoms with Crippen molar-refractivity contribution in [1.29, 1.82) is 0 Å². The summed E-state index contributed by atoms with van der Waals surface area (Å²) in [6.45, 7) is 2.81. The zero-order valence-corrected chi connectivity index (χ0v) is 10.7. The Morgan fingerprint density at radius 3 is 2.67 bits per heavy atom. The van der Waals surface area contributed by atoms with Crippen molar-refractivity contribution >= 4 is 11.6 Å². The molecule has 2 saturated carbocycles. The van der Waals surface area contributed by atoms with Crippen LogP contribution in [0.3, 0.4) is 0 Å². The molecular weight excluding hydrogens is 228 g/mol. The molecule has 0 radical (unpaired) electrons. The maximum absolute atomic E-state index is 9.27. The van der Waals surface area contributed by atoms with Crippen LogP contribution in [-0.2, 0) is 0 Å². The maximum Gasteiger partial charge on any atom is 0.136 e. The highest BCUT2D eigenvalue weighted by Gasteiger charge is 2.29. The van der Waals surface area contributed by atoms with Gasteiger partial charge in [-0.3, -0.25) is 0 Å². The first-order chi connectivity index (χ1) is 8.63. The Balaban J connectivity index is 1.69. The zero-order valence-electron chi connectivity index (χ0n) is 10.7. The van der Waals surface area contributed by atoms with E-state index in [1.807, 2.05) is 6.92 Å². The summed E-state index contributed by atoms with van der Waals surface area (Å²) in [5.74, 6) is 3.40. The van der Waals surface area contributed by atoms with Crippen LogP contribution in [0.25, 0.3) is 0 Å². The number of aromatic nitrogens is 2. The van der Waals surface area contributed by atoms with Crippen LogP contribution in [0, 0.1) is 12.8 Å². The van der Waals surface area contributed by atoms with E-state index in [-0.39, 0.29) is 6.10 Å². The molecule has 0 saturated heterocycles. The van der Waals surface area contributed by atoms with Crippen LogP contribution in [0.1, 0.15) is 43.0 Å². The summed E-state index contributed by atoms with van der Waals surface area (Å²) in [7, 11) is 0. The molecular formula is C13H20N4O. The second-order valence-corrected chi connectivity index (χ2v) is 5.59. The minimum absolute atomic E-state index is 0.101. The van der Waals surface area contributed by atoms with Gasteiger partial charge in [-0.05, 0) is 38.5 Å². The predicted molar refractivity (Wildman–Crippen MR) is 70.4 cm³/mol. The molecule has 0 spiro atoms. The van der Waals surface area contributed by atoms with Crippen molar-refractivity contribution in [1.82, 2.24) is 9.97 Å². The van der Waals surface area contributed by atoms with E-state index in [0.717, 1.165) is 36.6 Å². The second kappa shape index (κ2) is 4.39. The molecule has 1 heterocycles. The van der Waals surface area contributed by atoms with Crippen LogP contribution in [-0.4, -0.2) is 27.7 Å². The first-order valence-corrected chi connectivity index (χ1v) is 6.69. The monoisotopic (exact) mass is 248 g/mol. The lowest BCUT2D eigenvalue weighted by Gasteiger charge is -2.31. The van der Waals surface area contributed by atoms with Gasteiger partial charge in [0, 0.05) is 18.0 Å². The minimum Gasteiger partial charge on any atom is -0.393 e. The summed E-state index contributed by atoms with van der Waals surface area (Å²) in [4.78, 5) is 8.94. The standard InChI is InChI=1S/C13H20N4O/c1-7-11(14)16-13(9-2-3-9)17-12(7)15-6-8-4-10(18)5-8/h8-10,18H,2-6H2,1H3,(H3,14,15,16,17). The molecule has 5 nitrogen and oxygen atoms in total. The van der Waals surface area contributed by atoms with Crippen LogP contribution < -0.4 is 11.1 Å². The van der Waals surface area contributed by atoms with Gasteiger partial charge >= 0.3 is 0 Å². The lowest BCUT2D eigenvalue weighted by Crippen LogP contribution is -2.33. The van der Waals surface area contributed by atoms with E-state index in [2.05, 4.69) is 15.3 Å². The number of hydrogen-bond donors (Lipinski definition) is 3. The summed E-state index contributed by atoms with van der Waals surface area (Å²) >= 11 is 0. The Morgan fingerprint density at radius 2 is 2.06 bits per heavy atom. The molecule has 2 aliphatic carbocycles. The van der Waals surface area contributed by atoms with Gasteiger partial charge in [0.1, 0.15) is 17.5 Å². The number of aliphatic hydroxyl groups excluding tert-OH is 1. The van der Waals surface area contributed by atoms with Crippen LogP contribution >= 0.6 is 0 Å². The highest BCUT2D eigenvalue weighted by Crippen LogP contribution is 2.39. The summed E-state index contributed by atoms with van der Waals surface area (Å²) < 4.78 is 0. The smallest absolute Gasteiger partial charge is 0.136 e. The van der Waals surface area contributed by atoms with Gasteiger partial charge in [-0.25, -0.2) is 9.97 Å². The number of anilines is 2. The van der Waals surface area contributed by atoms with E-state index >= 15 is 0 Å². The fourth-order valence-electron chi connectivity index (χ4n) is 2.36. The van der Waals surface area contributed by atoms with Gasteiger partial charge < -0.3 is 16.2 Å². The van der Waals surface area contributed by atoms with E-state index in [4.69, 9.17) is 5.73 Å². The molecule has 5 heteroatoms. The van der Waals surface area contributed by atoms with Crippen LogP contribution in [0.4, 0.5) is 11.6 Å². The molecule has 0 amide bonds. The van der Waals surface area contributed by atoms with Gasteiger partial charge in [-0.1, -0.05) is 0 Å². The summed E-state index contributed by atoms with van der Waals surface area (Å²) in [6.07, 6.45) is 4.04. The fourth-order valence-corrected chi connectivity index (χ4v) is 2.36. The van der Waals surface area contributed by atoms with Crippen molar-refractivity contribution in [3.8, 4) is 0 Å². The van der Waals surface area contributed by atoms with Crippen LogP contribution in [0.2, 0.25) is 0 Å². The molecule has 1 aromatic heterocycles. The van der Waals surface area contributed by atoms with E-state index in [9.17, 15) is 5.11 Å². The molecule has 1 aromatic rings. The van der Waals surface area contributed by atoms with Crippen LogP contribution in [0.15, 0.2) is 0 Å². The molecule has 4 N–H and O–H groups in total. The van der Waals surface area contributed by atoms with E-state index in [0.29, 0.717) is 17.7 Å². The van der Waals surface area contributed by atoms with E-state index in [1.165, 1.54) is 12.8 Å². The number of nitrogens with one attached hydrogen (secondary N) is 1. The Hall–Kier alpha value is -1.36. The highest BCUT2D eigenvalue weighted by atomic mass is 16.3. The van der Waals surface area contributed by atoms with Gasteiger partial charge in [-0.15, -0.1) is 0 Å². The lowest BCUT2D eigenvalue weighted by atomic mass is 9.82. The topological polar surface area (TPSA) is 84.1 Å². The van der Waals surface area contributed by atoms with Crippen molar-refractivity contribution in [2.24, 2.45) is 5.92 Å². The molecule has 0 unspecified atom stereocenters. The molecule has 0 bridgehead atoms. The molecule has 18 heavy (non-hydrogen) atoms. The number of nitrogen functional groups attached to an aromatic ring is 1. The normalized spacial score (nSPS) is 26.8. The largest absolute Gasteiger partial charge is 0.393 e. The second-order valence-electron chi connectivity index (χ2n) is 5.59. The molecule has 3 rings (SSSR count). The van der Waals surface area contributed by atoms with Crippen molar-refractivity contribution in [2.45, 2.75) is 44.6 Å². The average Bonchev–Trinajstić information content (AvgIpc) is 3.11. The van der Waals surface area contributed by atoms with Crippen LogP contribution in [0.5, 0.6) is 0 Å². The van der Waals surface area contributed by atoms with Gasteiger partial charge in [0.15, 0.2) is 0 Å². The number of nitrogens with zero attached hydrogens (tertiary/aromatic N) is 2. The SMILES string of the molecule is Cc1c(N)nc(C2CC2)nc1NCC1CC(O)C1. The molecule has 98 valence electrons. The Kier molecular flexibility index (Phi) is 2.86. The van der Waals surface area contributed by atoms with E-state index < -0.39 is 0 Å². The average molecular weight is 248 g/mol. The Morgan fingerprint density at radius 1 is 1.33 bits per heavy atom. The molecule has 0 atom stereocenters. The minimum atomic E-state index is -0.101. The van der Waals surface area contributed by atoms with Crippen molar-refractivity contribution in [2.75, 3.05) is 17.6 Å². The first kappa shape index (κ1) is 11.7. The molecule has 2 aliphatic rings. The van der Waals surface area contributed by atoms with Gasteiger partial charge in [0.25, 0.3) is 0 Å². The fraction of sp³-hybridized carbons (Fsp3) is 0.692. The first-order valence-electron chi connectivity index (χ1n) is 6.69. The number of rotatable bonds is 4. The van der Waals surface area contributed by atoms with Gasteiger partial charge in [0.2, 0.25) is 0 Å². The number of aliphatic hydroxyl groups is 1. The molecule has 0 aromatic carbocycles. The lowest BCUT2D eigenvalue weighted by molar-refractivity contribution is 0.0486. The Labute approximate surface area is 107 Å². The quantitative estimate of drug-likeness (QED) is 0.750. The highest BCUT2D eigenvalue weighted by molar-refractivity contribution is 5.55. The summed E-state index contributed by atoms with van der Waals surface area (Å²) in [5, 5.41) is 12.6. The number of nitrogens with two attached hydrogens (primary N) is 1. The third kappa shape index (κ3) is 2.27. The molecule has 2 fully saturated rings. The van der Waals surface area contributed by atoms with E-state index in [1.54, 1.807) is 0 Å². The Bertz CT molecular complexity index is 453. The summed E-state index contributed by atoms with van der Waals surface area (Å²) in [6, 6.07) is 0. The third-order valence-electron chi connectivity index (χ3n) is 3.91. The van der Waals surface area contributed by atoms with Crippen molar-refractivity contribution in [3.63, 3.8) is 0 Å². The van der Waals surface area contributed by atoms with Gasteiger partial charge in [-0.2, -0.15) is 0 Å². The van der Waals surface area contributed by atoms with Gasteiger partial charge in [0.05, 0.1) is 6.10 Å². The summed E-state index contributed by atoms with van der Waals surface area (Å²) in [5.41, 5.74) is 6.86. The molecule has 0 aliphatic heterocycles. The number of hydrogen-bond acceptors (Lipinski definition) is 5. The van der Waals surface area contributed by atoms with Crippen molar-refractivity contribution in [3.05, 3.63) is 11.4 Å². The zero-order chi connectivity index (χ0) is 12.7.